The normalized spacial score (nSPS) is 22.2. The molecule has 11 nitrogen and oxygen atoms in total. The second-order valence-electron chi connectivity index (χ2n) is 11.3. The Kier molecular flexibility index (Phi) is 8.00. The number of hydrogen-bond acceptors (Lipinski definition) is 9. The predicted octanol–water partition coefficient (Wildman–Crippen LogP) is 3.84. The Labute approximate surface area is 240 Å². The second kappa shape index (κ2) is 12.0. The Morgan fingerprint density at radius 1 is 0.878 bits per heavy atom. The van der Waals surface area contributed by atoms with Gasteiger partial charge in [0.05, 0.1) is 44.6 Å². The molecule has 2 aromatic carbocycles. The molecule has 216 valence electrons. The van der Waals surface area contributed by atoms with Crippen molar-refractivity contribution in [1.29, 1.82) is 0 Å². The summed E-state index contributed by atoms with van der Waals surface area (Å²) < 4.78 is 11.5. The number of anilines is 4. The number of rotatable bonds is 7. The third-order valence-corrected chi connectivity index (χ3v) is 7.82. The first-order chi connectivity index (χ1) is 19.9. The number of aromatic nitrogens is 3. The summed E-state index contributed by atoms with van der Waals surface area (Å²) >= 11 is 0. The lowest BCUT2D eigenvalue weighted by Gasteiger charge is -2.36. The molecule has 2 bridgehead atoms. The molecule has 2 N–H and O–H groups in total. The van der Waals surface area contributed by atoms with E-state index in [0.717, 1.165) is 37.2 Å². The van der Waals surface area contributed by atoms with Gasteiger partial charge in [0, 0.05) is 30.0 Å². The molecular weight excluding hydrogens is 520 g/mol. The second-order valence-corrected chi connectivity index (χ2v) is 11.3. The molecule has 3 aliphatic heterocycles. The third kappa shape index (κ3) is 6.27. The molecule has 0 aliphatic carbocycles. The van der Waals surface area contributed by atoms with Crippen LogP contribution >= 0.6 is 0 Å². The molecule has 0 radical (unpaired) electrons. The van der Waals surface area contributed by atoms with Crippen molar-refractivity contribution in [2.75, 3.05) is 67.5 Å². The molecule has 0 saturated carbocycles. The van der Waals surface area contributed by atoms with E-state index in [2.05, 4.69) is 32.3 Å². The van der Waals surface area contributed by atoms with Crippen LogP contribution in [0.25, 0.3) is 11.4 Å². The van der Waals surface area contributed by atoms with Crippen molar-refractivity contribution >= 4 is 29.3 Å². The number of morpholine rings is 2. The molecule has 41 heavy (non-hydrogen) atoms. The van der Waals surface area contributed by atoms with Crippen molar-refractivity contribution in [3.05, 3.63) is 54.1 Å². The van der Waals surface area contributed by atoms with Gasteiger partial charge in [0.15, 0.2) is 5.82 Å². The van der Waals surface area contributed by atoms with Gasteiger partial charge in [-0.15, -0.1) is 0 Å². The molecule has 6 rings (SSSR count). The van der Waals surface area contributed by atoms with E-state index < -0.39 is 0 Å². The van der Waals surface area contributed by atoms with Crippen LogP contribution in [0.2, 0.25) is 0 Å². The molecule has 3 unspecified atom stereocenters. The van der Waals surface area contributed by atoms with E-state index in [1.165, 1.54) is 5.56 Å². The van der Waals surface area contributed by atoms with Crippen LogP contribution < -0.4 is 20.4 Å². The number of carbonyl (C=O) groups excluding carboxylic acids is 1. The van der Waals surface area contributed by atoms with Crippen molar-refractivity contribution in [1.82, 2.24) is 19.9 Å². The van der Waals surface area contributed by atoms with E-state index >= 15 is 0 Å². The lowest BCUT2D eigenvalue weighted by Crippen LogP contribution is -2.48. The lowest BCUT2D eigenvalue weighted by atomic mass is 10.2. The van der Waals surface area contributed by atoms with Gasteiger partial charge < -0.3 is 34.8 Å². The van der Waals surface area contributed by atoms with Crippen molar-refractivity contribution in [2.24, 2.45) is 0 Å². The van der Waals surface area contributed by atoms with Crippen LogP contribution in [-0.4, -0.2) is 91.1 Å². The van der Waals surface area contributed by atoms with Crippen molar-refractivity contribution in [2.45, 2.75) is 44.4 Å². The Morgan fingerprint density at radius 3 is 2.15 bits per heavy atom. The topological polar surface area (TPSA) is 108 Å². The standard InChI is InChI=1S/C30H38N8O3/c1-20-17-40-15-14-37(20)28-33-27(34-29(35-28)38-25-12-13-26(38)19-41-18-25)22-6-10-24(11-7-22)32-30(39)31-23-8-4-21(5-9-23)16-36(2)3/h4-11,20,25-26H,12-19H2,1-3H3,(H2,31,32,39). The number of carbonyl (C=O) groups is 1. The Morgan fingerprint density at radius 2 is 1.51 bits per heavy atom. The highest BCUT2D eigenvalue weighted by Gasteiger charge is 2.39. The number of ether oxygens (including phenoxy) is 2. The summed E-state index contributed by atoms with van der Waals surface area (Å²) in [7, 11) is 4.06. The number of benzene rings is 2. The fourth-order valence-corrected chi connectivity index (χ4v) is 5.76. The van der Waals surface area contributed by atoms with E-state index in [9.17, 15) is 4.79 Å². The average molecular weight is 559 g/mol. The number of amides is 2. The Hall–Kier alpha value is -3.80. The van der Waals surface area contributed by atoms with Crippen LogP contribution in [0, 0.1) is 0 Å². The van der Waals surface area contributed by atoms with Gasteiger partial charge in [-0.05, 0) is 75.8 Å². The fourth-order valence-electron chi connectivity index (χ4n) is 5.76. The highest BCUT2D eigenvalue weighted by atomic mass is 16.5. The summed E-state index contributed by atoms with van der Waals surface area (Å²) in [5, 5.41) is 5.81. The molecule has 11 heteroatoms. The first kappa shape index (κ1) is 27.4. The van der Waals surface area contributed by atoms with E-state index in [1.54, 1.807) is 0 Å². The number of nitrogens with one attached hydrogen (secondary N) is 2. The molecule has 4 heterocycles. The van der Waals surface area contributed by atoms with E-state index in [1.807, 2.05) is 62.6 Å². The molecule has 1 aromatic heterocycles. The van der Waals surface area contributed by atoms with Crippen LogP contribution in [0.15, 0.2) is 48.5 Å². The fraction of sp³-hybridized carbons (Fsp3) is 0.467. The number of nitrogens with zero attached hydrogens (tertiary/aromatic N) is 6. The number of fused-ring (bicyclic) bond motifs is 2. The molecule has 3 atom stereocenters. The van der Waals surface area contributed by atoms with Gasteiger partial charge in [-0.1, -0.05) is 12.1 Å². The lowest BCUT2D eigenvalue weighted by molar-refractivity contribution is 0.0895. The highest BCUT2D eigenvalue weighted by molar-refractivity contribution is 5.99. The molecule has 2 amide bonds. The quantitative estimate of drug-likeness (QED) is 0.447. The van der Waals surface area contributed by atoms with Crippen molar-refractivity contribution in [3.8, 4) is 11.4 Å². The number of urea groups is 1. The van der Waals surface area contributed by atoms with Gasteiger partial charge in [-0.3, -0.25) is 0 Å². The van der Waals surface area contributed by atoms with Gasteiger partial charge in [0.2, 0.25) is 11.9 Å². The van der Waals surface area contributed by atoms with Gasteiger partial charge >= 0.3 is 6.03 Å². The van der Waals surface area contributed by atoms with E-state index in [0.29, 0.717) is 49.8 Å². The zero-order chi connectivity index (χ0) is 28.3. The van der Waals surface area contributed by atoms with Crippen LogP contribution in [0.5, 0.6) is 0 Å². The Balaban J connectivity index is 1.20. The SMILES string of the molecule is CC1COCCN1c1nc(-c2ccc(NC(=O)Nc3ccc(CN(C)C)cc3)cc2)nc(N2C3CCC2COC3)n1. The molecule has 3 saturated heterocycles. The highest BCUT2D eigenvalue weighted by Crippen LogP contribution is 2.34. The Bertz CT molecular complexity index is 1330. The summed E-state index contributed by atoms with van der Waals surface area (Å²) in [4.78, 5) is 34.1. The van der Waals surface area contributed by atoms with Crippen molar-refractivity contribution in [3.63, 3.8) is 0 Å². The molecule has 0 spiro atoms. The summed E-state index contributed by atoms with van der Waals surface area (Å²) in [6, 6.07) is 15.9. The number of hydrogen-bond donors (Lipinski definition) is 2. The molecule has 3 aromatic rings. The predicted molar refractivity (Wildman–Crippen MR) is 159 cm³/mol. The van der Waals surface area contributed by atoms with Crippen LogP contribution in [0.3, 0.4) is 0 Å². The van der Waals surface area contributed by atoms with Crippen molar-refractivity contribution < 1.29 is 14.3 Å². The first-order valence-corrected chi connectivity index (χ1v) is 14.3. The van der Waals surface area contributed by atoms with Crippen LogP contribution in [0.4, 0.5) is 28.1 Å². The minimum atomic E-state index is -0.299. The minimum absolute atomic E-state index is 0.169. The summed E-state index contributed by atoms with van der Waals surface area (Å²) in [6.07, 6.45) is 2.16. The van der Waals surface area contributed by atoms with E-state index in [4.69, 9.17) is 24.4 Å². The maximum Gasteiger partial charge on any atom is 0.323 e. The monoisotopic (exact) mass is 558 g/mol. The first-order valence-electron chi connectivity index (χ1n) is 14.3. The van der Waals surface area contributed by atoms with Gasteiger partial charge in [-0.25, -0.2) is 4.79 Å². The minimum Gasteiger partial charge on any atom is -0.377 e. The smallest absolute Gasteiger partial charge is 0.323 e. The molecular formula is C30H38N8O3. The molecule has 3 fully saturated rings. The summed E-state index contributed by atoms with van der Waals surface area (Å²) in [6.45, 7) is 6.39. The largest absolute Gasteiger partial charge is 0.377 e. The molecule has 3 aliphatic rings. The summed E-state index contributed by atoms with van der Waals surface area (Å²) in [5.41, 5.74) is 3.46. The van der Waals surface area contributed by atoms with Gasteiger partial charge in [-0.2, -0.15) is 15.0 Å². The van der Waals surface area contributed by atoms with Crippen LogP contribution in [-0.2, 0) is 16.0 Å². The maximum absolute atomic E-state index is 12.6. The van der Waals surface area contributed by atoms with E-state index in [-0.39, 0.29) is 24.2 Å². The average Bonchev–Trinajstić information content (AvgIpc) is 3.22. The van der Waals surface area contributed by atoms with Gasteiger partial charge in [0.1, 0.15) is 0 Å². The summed E-state index contributed by atoms with van der Waals surface area (Å²) in [5.74, 6) is 1.99. The van der Waals surface area contributed by atoms with Gasteiger partial charge in [0.25, 0.3) is 0 Å². The zero-order valence-electron chi connectivity index (χ0n) is 23.9. The maximum atomic E-state index is 12.6. The third-order valence-electron chi connectivity index (χ3n) is 7.82. The van der Waals surface area contributed by atoms with Crippen LogP contribution in [0.1, 0.15) is 25.3 Å². The zero-order valence-corrected chi connectivity index (χ0v) is 23.9.